The van der Waals surface area contributed by atoms with Gasteiger partial charge in [-0.1, -0.05) is 0 Å². The second-order valence-corrected chi connectivity index (χ2v) is 6.10. The molecular weight excluding hydrogens is 323 g/mol. The molecule has 0 aliphatic carbocycles. The maximum absolute atomic E-state index is 11.6. The number of likely N-dealkylation sites (N-methyl/N-ethyl adjacent to an activating group) is 1. The minimum atomic E-state index is 0. The third-order valence-corrected chi connectivity index (χ3v) is 3.99. The fraction of sp³-hybridized carbons (Fsp3) is 0.933. The van der Waals surface area contributed by atoms with Crippen LogP contribution in [0, 0.1) is 5.92 Å². The Labute approximate surface area is 148 Å². The van der Waals surface area contributed by atoms with Crippen LogP contribution in [0.5, 0.6) is 0 Å². The molecule has 0 aromatic rings. The number of rotatable bonds is 9. The Morgan fingerprint density at radius 3 is 2.41 bits per heavy atom. The lowest BCUT2D eigenvalue weighted by Gasteiger charge is -2.32. The maximum Gasteiger partial charge on any atom is 0.220 e. The number of piperidine rings is 1. The molecule has 0 unspecified atom stereocenters. The summed E-state index contributed by atoms with van der Waals surface area (Å²) in [6, 6.07) is 0. The number of hydrogen-bond donors (Lipinski definition) is 2. The number of likely N-dealkylation sites (tertiary alicyclic amines) is 1. The predicted octanol–water partition coefficient (Wildman–Crippen LogP) is 1.22. The van der Waals surface area contributed by atoms with Gasteiger partial charge in [-0.2, -0.15) is 0 Å². The lowest BCUT2D eigenvalue weighted by atomic mass is 9.96. The fourth-order valence-electron chi connectivity index (χ4n) is 2.53. The summed E-state index contributed by atoms with van der Waals surface area (Å²) in [5, 5.41) is 6.15. The van der Waals surface area contributed by atoms with Gasteiger partial charge in [-0.25, -0.2) is 0 Å². The molecule has 0 bridgehead atoms. The quantitative estimate of drug-likeness (QED) is 0.609. The molecule has 1 amide bonds. The first-order valence-corrected chi connectivity index (χ1v) is 7.90. The van der Waals surface area contributed by atoms with Crippen LogP contribution in [0.2, 0.25) is 0 Å². The Hall–Kier alpha value is -0.0700. The number of carbonyl (C=O) groups excluding carboxylic acids is 1. The lowest BCUT2D eigenvalue weighted by molar-refractivity contribution is -0.121. The topological polar surface area (TPSA) is 47.6 Å². The number of hydrogen-bond acceptors (Lipinski definition) is 4. The largest absolute Gasteiger partial charge is 0.356 e. The summed E-state index contributed by atoms with van der Waals surface area (Å²) in [6.07, 6.45) is 3.99. The predicted molar refractivity (Wildman–Crippen MR) is 98.4 cm³/mol. The van der Waals surface area contributed by atoms with Crippen molar-refractivity contribution in [1.29, 1.82) is 0 Å². The molecule has 7 heteroatoms. The monoisotopic (exact) mass is 356 g/mol. The molecule has 1 fully saturated rings. The van der Waals surface area contributed by atoms with Gasteiger partial charge in [0.05, 0.1) is 0 Å². The molecule has 134 valence electrons. The smallest absolute Gasteiger partial charge is 0.220 e. The second-order valence-electron chi connectivity index (χ2n) is 6.10. The molecule has 2 N–H and O–H groups in total. The van der Waals surface area contributed by atoms with E-state index < -0.39 is 0 Å². The van der Waals surface area contributed by atoms with Crippen LogP contribution in [0.15, 0.2) is 0 Å². The first-order valence-electron chi connectivity index (χ1n) is 7.90. The van der Waals surface area contributed by atoms with Gasteiger partial charge in [0, 0.05) is 26.1 Å². The zero-order valence-electron chi connectivity index (χ0n) is 14.3. The highest BCUT2D eigenvalue weighted by atomic mass is 35.5. The van der Waals surface area contributed by atoms with E-state index in [-0.39, 0.29) is 30.7 Å². The van der Waals surface area contributed by atoms with Crippen molar-refractivity contribution in [3.8, 4) is 0 Å². The molecule has 5 nitrogen and oxygen atoms in total. The molecule has 0 aromatic carbocycles. The van der Waals surface area contributed by atoms with Crippen LogP contribution in [0.4, 0.5) is 0 Å². The van der Waals surface area contributed by atoms with Gasteiger partial charge in [-0.3, -0.25) is 4.79 Å². The van der Waals surface area contributed by atoms with Crippen LogP contribution >= 0.6 is 24.8 Å². The summed E-state index contributed by atoms with van der Waals surface area (Å²) >= 11 is 0. The molecule has 0 radical (unpaired) electrons. The third kappa shape index (κ3) is 11.5. The van der Waals surface area contributed by atoms with E-state index in [9.17, 15) is 4.79 Å². The van der Waals surface area contributed by atoms with Crippen molar-refractivity contribution in [3.63, 3.8) is 0 Å². The van der Waals surface area contributed by atoms with E-state index in [0.29, 0.717) is 12.3 Å². The van der Waals surface area contributed by atoms with Crippen molar-refractivity contribution in [1.82, 2.24) is 20.4 Å². The number of amides is 1. The van der Waals surface area contributed by atoms with Crippen LogP contribution in [0.1, 0.15) is 25.7 Å². The Kier molecular flexibility index (Phi) is 16.0. The summed E-state index contributed by atoms with van der Waals surface area (Å²) in [5.41, 5.74) is 0. The zero-order chi connectivity index (χ0) is 14.8. The van der Waals surface area contributed by atoms with Crippen LogP contribution in [-0.4, -0.2) is 76.1 Å². The molecular formula is C15H34Cl2N4O. The molecule has 0 saturated carbocycles. The highest BCUT2D eigenvalue weighted by Gasteiger charge is 2.19. The van der Waals surface area contributed by atoms with Crippen LogP contribution in [0.3, 0.4) is 0 Å². The summed E-state index contributed by atoms with van der Waals surface area (Å²) in [7, 11) is 6.16. The average molecular weight is 357 g/mol. The van der Waals surface area contributed by atoms with Crippen molar-refractivity contribution in [3.05, 3.63) is 0 Å². The van der Waals surface area contributed by atoms with Crippen molar-refractivity contribution < 1.29 is 4.79 Å². The first kappa shape index (κ1) is 24.2. The molecule has 1 rings (SSSR count). The second kappa shape index (κ2) is 14.5. The highest BCUT2D eigenvalue weighted by molar-refractivity contribution is 5.85. The van der Waals surface area contributed by atoms with Gasteiger partial charge in [0.15, 0.2) is 0 Å². The van der Waals surface area contributed by atoms with E-state index in [1.54, 1.807) is 0 Å². The molecule has 1 saturated heterocycles. The number of nitrogens with zero attached hydrogens (tertiary/aromatic N) is 2. The Balaban J connectivity index is 0. The summed E-state index contributed by atoms with van der Waals surface area (Å²) < 4.78 is 0. The number of halogens is 2. The van der Waals surface area contributed by atoms with E-state index in [4.69, 9.17) is 0 Å². The Bertz CT molecular complexity index is 272. The van der Waals surface area contributed by atoms with Gasteiger partial charge in [-0.15, -0.1) is 24.8 Å². The standard InChI is InChI=1S/C15H32N4O.2ClH/c1-16-8-4-5-15(20)17-13-14-6-9-19(10-7-14)12-11-18(2)3;;/h14,16H,4-13H2,1-3H3,(H,17,20);2*1H. The molecule has 0 spiro atoms. The minimum absolute atomic E-state index is 0. The van der Waals surface area contributed by atoms with Crippen molar-refractivity contribution >= 4 is 30.7 Å². The summed E-state index contributed by atoms with van der Waals surface area (Å²) in [5.74, 6) is 0.870. The third-order valence-electron chi connectivity index (χ3n) is 3.99. The lowest BCUT2D eigenvalue weighted by Crippen LogP contribution is -2.41. The van der Waals surface area contributed by atoms with E-state index in [1.165, 1.54) is 25.9 Å². The number of nitrogens with one attached hydrogen (secondary N) is 2. The highest BCUT2D eigenvalue weighted by Crippen LogP contribution is 2.16. The van der Waals surface area contributed by atoms with Crippen LogP contribution in [-0.2, 0) is 4.79 Å². The summed E-state index contributed by atoms with van der Waals surface area (Å²) in [4.78, 5) is 16.4. The Morgan fingerprint density at radius 1 is 1.23 bits per heavy atom. The molecule has 0 aromatic heterocycles. The Morgan fingerprint density at radius 2 is 1.86 bits per heavy atom. The SMILES string of the molecule is CNCCCC(=O)NCC1CCN(CCN(C)C)CC1.Cl.Cl. The zero-order valence-corrected chi connectivity index (χ0v) is 15.9. The van der Waals surface area contributed by atoms with Crippen molar-refractivity contribution in [2.45, 2.75) is 25.7 Å². The van der Waals surface area contributed by atoms with E-state index >= 15 is 0 Å². The van der Waals surface area contributed by atoms with Crippen LogP contribution in [0.25, 0.3) is 0 Å². The van der Waals surface area contributed by atoms with Gasteiger partial charge in [0.1, 0.15) is 0 Å². The van der Waals surface area contributed by atoms with Crippen molar-refractivity contribution in [2.24, 2.45) is 5.92 Å². The maximum atomic E-state index is 11.6. The first-order chi connectivity index (χ1) is 9.61. The van der Waals surface area contributed by atoms with Gasteiger partial charge in [0.25, 0.3) is 0 Å². The van der Waals surface area contributed by atoms with Gasteiger partial charge in [0.2, 0.25) is 5.91 Å². The molecule has 0 atom stereocenters. The minimum Gasteiger partial charge on any atom is -0.356 e. The van der Waals surface area contributed by atoms with Crippen molar-refractivity contribution in [2.75, 3.05) is 60.4 Å². The van der Waals surface area contributed by atoms with E-state index in [0.717, 1.165) is 32.6 Å². The number of carbonyl (C=O) groups is 1. The van der Waals surface area contributed by atoms with Gasteiger partial charge >= 0.3 is 0 Å². The molecule has 1 aliphatic rings. The van der Waals surface area contributed by atoms with Gasteiger partial charge < -0.3 is 20.4 Å². The summed E-state index contributed by atoms with van der Waals surface area (Å²) in [6.45, 7) is 6.42. The van der Waals surface area contributed by atoms with Gasteiger partial charge in [-0.05, 0) is 66.0 Å². The molecule has 22 heavy (non-hydrogen) atoms. The van der Waals surface area contributed by atoms with E-state index in [2.05, 4.69) is 34.5 Å². The van der Waals surface area contributed by atoms with Crippen LogP contribution < -0.4 is 10.6 Å². The molecule has 1 aliphatic heterocycles. The average Bonchev–Trinajstić information content (AvgIpc) is 2.44. The fourth-order valence-corrected chi connectivity index (χ4v) is 2.53. The normalized spacial score (nSPS) is 16.0. The molecule has 1 heterocycles. The van der Waals surface area contributed by atoms with E-state index in [1.807, 2.05) is 7.05 Å².